The van der Waals surface area contributed by atoms with Gasteiger partial charge in [0.2, 0.25) is 0 Å². The third-order valence-electron chi connectivity index (χ3n) is 2.69. The van der Waals surface area contributed by atoms with Crippen molar-refractivity contribution in [2.45, 2.75) is 38.5 Å². The van der Waals surface area contributed by atoms with E-state index in [0.717, 1.165) is 6.42 Å². The Morgan fingerprint density at radius 3 is 2.69 bits per heavy atom. The normalized spacial score (nSPS) is 14.8. The predicted molar refractivity (Wildman–Crippen MR) is 68.3 cm³/mol. The molecule has 0 aromatic heterocycles. The summed E-state index contributed by atoms with van der Waals surface area (Å²) in [7, 11) is 0. The van der Waals surface area contributed by atoms with E-state index >= 15 is 0 Å². The van der Waals surface area contributed by atoms with Gasteiger partial charge in [0.05, 0.1) is 6.10 Å². The molecule has 2 unspecified atom stereocenters. The van der Waals surface area contributed by atoms with Crippen molar-refractivity contribution in [3.05, 3.63) is 35.1 Å². The first-order chi connectivity index (χ1) is 7.54. The topological polar surface area (TPSA) is 20.2 Å². The van der Waals surface area contributed by atoms with Gasteiger partial charge in [0.15, 0.2) is 0 Å². The fourth-order valence-electron chi connectivity index (χ4n) is 1.29. The van der Waals surface area contributed by atoms with Gasteiger partial charge in [0.25, 0.3) is 0 Å². The van der Waals surface area contributed by atoms with Crippen molar-refractivity contribution >= 4 is 11.8 Å². The van der Waals surface area contributed by atoms with Crippen molar-refractivity contribution in [3.63, 3.8) is 0 Å². The van der Waals surface area contributed by atoms with Crippen LogP contribution in [-0.2, 0) is 0 Å². The molecule has 1 aromatic carbocycles. The van der Waals surface area contributed by atoms with Crippen molar-refractivity contribution in [3.8, 4) is 0 Å². The number of hydrogen-bond donors (Lipinski definition) is 1. The minimum absolute atomic E-state index is 0.245. The maximum absolute atomic E-state index is 13.3. The number of hydrogen-bond acceptors (Lipinski definition) is 2. The lowest BCUT2D eigenvalue weighted by molar-refractivity contribution is 0.203. The van der Waals surface area contributed by atoms with Crippen molar-refractivity contribution in [2.75, 3.05) is 5.75 Å². The standard InChI is InChI=1S/C13H19FOS/c1-4-10(3)16-8-13(15)11-6-5-9(2)12(14)7-11/h5-7,10,13,15H,4,8H2,1-3H3. The summed E-state index contributed by atoms with van der Waals surface area (Å²) in [5.74, 6) is 0.377. The Hall–Kier alpha value is -0.540. The Kier molecular flexibility index (Phi) is 5.29. The molecule has 3 heteroatoms. The van der Waals surface area contributed by atoms with Crippen molar-refractivity contribution < 1.29 is 9.50 Å². The number of aliphatic hydroxyl groups is 1. The maximum Gasteiger partial charge on any atom is 0.126 e. The van der Waals surface area contributed by atoms with Gasteiger partial charge >= 0.3 is 0 Å². The molecule has 0 spiro atoms. The molecule has 0 fully saturated rings. The molecular formula is C13H19FOS. The SMILES string of the molecule is CCC(C)SCC(O)c1ccc(C)c(F)c1. The van der Waals surface area contributed by atoms with Crippen LogP contribution in [0.2, 0.25) is 0 Å². The summed E-state index contributed by atoms with van der Waals surface area (Å²) in [6.45, 7) is 5.97. The number of halogens is 1. The van der Waals surface area contributed by atoms with Crippen LogP contribution in [0.3, 0.4) is 0 Å². The van der Waals surface area contributed by atoms with E-state index in [-0.39, 0.29) is 5.82 Å². The summed E-state index contributed by atoms with van der Waals surface area (Å²) in [4.78, 5) is 0. The first kappa shape index (κ1) is 13.5. The van der Waals surface area contributed by atoms with Gasteiger partial charge in [0, 0.05) is 11.0 Å². The van der Waals surface area contributed by atoms with Gasteiger partial charge in [-0.2, -0.15) is 11.8 Å². The van der Waals surface area contributed by atoms with E-state index in [4.69, 9.17) is 0 Å². The molecule has 0 radical (unpaired) electrons. The average molecular weight is 242 g/mol. The molecule has 2 atom stereocenters. The van der Waals surface area contributed by atoms with Crippen LogP contribution in [0.15, 0.2) is 18.2 Å². The molecule has 1 aromatic rings. The van der Waals surface area contributed by atoms with E-state index in [1.165, 1.54) is 6.07 Å². The second-order valence-corrected chi connectivity index (χ2v) is 5.55. The van der Waals surface area contributed by atoms with E-state index in [1.807, 2.05) is 0 Å². The quantitative estimate of drug-likeness (QED) is 0.849. The van der Waals surface area contributed by atoms with Gasteiger partial charge in [-0.25, -0.2) is 4.39 Å². The largest absolute Gasteiger partial charge is 0.388 e. The molecule has 0 amide bonds. The van der Waals surface area contributed by atoms with E-state index in [1.54, 1.807) is 30.8 Å². The van der Waals surface area contributed by atoms with Gasteiger partial charge in [0.1, 0.15) is 5.82 Å². The van der Waals surface area contributed by atoms with Gasteiger partial charge in [-0.3, -0.25) is 0 Å². The smallest absolute Gasteiger partial charge is 0.126 e. The highest BCUT2D eigenvalue weighted by Crippen LogP contribution is 2.23. The lowest BCUT2D eigenvalue weighted by Gasteiger charge is -2.14. The molecule has 0 saturated heterocycles. The highest BCUT2D eigenvalue weighted by Gasteiger charge is 2.11. The van der Waals surface area contributed by atoms with Crippen LogP contribution in [0.25, 0.3) is 0 Å². The highest BCUT2D eigenvalue weighted by molar-refractivity contribution is 7.99. The molecule has 1 rings (SSSR count). The second kappa shape index (κ2) is 6.26. The van der Waals surface area contributed by atoms with Crippen molar-refractivity contribution in [2.24, 2.45) is 0 Å². The van der Waals surface area contributed by atoms with Crippen LogP contribution >= 0.6 is 11.8 Å². The summed E-state index contributed by atoms with van der Waals surface area (Å²) >= 11 is 1.72. The molecular weight excluding hydrogens is 223 g/mol. The van der Waals surface area contributed by atoms with Crippen LogP contribution in [0, 0.1) is 12.7 Å². The first-order valence-electron chi connectivity index (χ1n) is 5.60. The van der Waals surface area contributed by atoms with Crippen molar-refractivity contribution in [1.82, 2.24) is 0 Å². The molecule has 0 saturated carbocycles. The zero-order chi connectivity index (χ0) is 12.1. The van der Waals surface area contributed by atoms with Gasteiger partial charge < -0.3 is 5.11 Å². The van der Waals surface area contributed by atoms with Gasteiger partial charge in [-0.1, -0.05) is 26.0 Å². The summed E-state index contributed by atoms with van der Waals surface area (Å²) in [6, 6.07) is 4.93. The summed E-state index contributed by atoms with van der Waals surface area (Å²) < 4.78 is 13.3. The van der Waals surface area contributed by atoms with E-state index in [9.17, 15) is 9.50 Å². The lowest BCUT2D eigenvalue weighted by Crippen LogP contribution is -2.05. The van der Waals surface area contributed by atoms with Crippen LogP contribution in [0.1, 0.15) is 37.5 Å². The molecule has 0 aliphatic rings. The fraction of sp³-hybridized carbons (Fsp3) is 0.538. The molecule has 0 aliphatic carbocycles. The number of aliphatic hydroxyl groups excluding tert-OH is 1. The third kappa shape index (κ3) is 3.80. The van der Waals surface area contributed by atoms with E-state index in [0.29, 0.717) is 22.1 Å². The molecule has 0 aliphatic heterocycles. The van der Waals surface area contributed by atoms with E-state index in [2.05, 4.69) is 13.8 Å². The minimum atomic E-state index is -0.575. The van der Waals surface area contributed by atoms with Gasteiger partial charge in [-0.05, 0) is 30.5 Å². The Labute approximate surface area is 101 Å². The molecule has 0 heterocycles. The highest BCUT2D eigenvalue weighted by atomic mass is 32.2. The number of aryl methyl sites for hydroxylation is 1. The second-order valence-electron chi connectivity index (χ2n) is 4.08. The molecule has 1 N–H and O–H groups in total. The zero-order valence-electron chi connectivity index (χ0n) is 10.0. The zero-order valence-corrected chi connectivity index (χ0v) is 10.9. The predicted octanol–water partition coefficient (Wildman–Crippen LogP) is 3.70. The lowest BCUT2D eigenvalue weighted by atomic mass is 10.1. The third-order valence-corrected chi connectivity index (χ3v) is 4.10. The van der Waals surface area contributed by atoms with Crippen LogP contribution < -0.4 is 0 Å². The average Bonchev–Trinajstić information content (AvgIpc) is 2.29. The molecule has 1 nitrogen and oxygen atoms in total. The summed E-state index contributed by atoms with van der Waals surface area (Å²) in [5.41, 5.74) is 1.28. The van der Waals surface area contributed by atoms with Crippen molar-refractivity contribution in [1.29, 1.82) is 0 Å². The number of rotatable bonds is 5. The maximum atomic E-state index is 13.3. The molecule has 16 heavy (non-hydrogen) atoms. The number of thioether (sulfide) groups is 1. The van der Waals surface area contributed by atoms with Crippen LogP contribution in [0.5, 0.6) is 0 Å². The monoisotopic (exact) mass is 242 g/mol. The fourth-order valence-corrected chi connectivity index (χ4v) is 2.22. The van der Waals surface area contributed by atoms with Crippen LogP contribution in [0.4, 0.5) is 4.39 Å². The molecule has 0 bridgehead atoms. The van der Waals surface area contributed by atoms with E-state index < -0.39 is 6.10 Å². The van der Waals surface area contributed by atoms with Gasteiger partial charge in [-0.15, -0.1) is 0 Å². The summed E-state index contributed by atoms with van der Waals surface area (Å²) in [5, 5.41) is 10.4. The Morgan fingerprint density at radius 2 is 2.12 bits per heavy atom. The Morgan fingerprint density at radius 1 is 1.44 bits per heavy atom. The first-order valence-corrected chi connectivity index (χ1v) is 6.65. The number of benzene rings is 1. The van der Waals surface area contributed by atoms with Crippen LogP contribution in [-0.4, -0.2) is 16.1 Å². The Balaban J connectivity index is 2.59. The Bertz CT molecular complexity index is 341. The minimum Gasteiger partial charge on any atom is -0.388 e. The summed E-state index contributed by atoms with van der Waals surface area (Å²) in [6.07, 6.45) is 0.508. The molecule has 90 valence electrons.